The highest BCUT2D eigenvalue weighted by atomic mass is 35.5. The van der Waals surface area contributed by atoms with Crippen molar-refractivity contribution < 1.29 is 9.90 Å². The van der Waals surface area contributed by atoms with Crippen LogP contribution in [0.5, 0.6) is 0 Å². The van der Waals surface area contributed by atoms with Gasteiger partial charge in [-0.15, -0.1) is 10.2 Å². The molecule has 1 amide bonds. The molecule has 2 N–H and O–H groups in total. The lowest BCUT2D eigenvalue weighted by Crippen LogP contribution is -2.28. The fourth-order valence-corrected chi connectivity index (χ4v) is 3.39. The molecular weight excluding hydrogens is 310 g/mol. The van der Waals surface area contributed by atoms with Crippen LogP contribution in [0.1, 0.15) is 19.3 Å². The summed E-state index contributed by atoms with van der Waals surface area (Å²) < 4.78 is 0. The first-order valence-corrected chi connectivity index (χ1v) is 7.91. The van der Waals surface area contributed by atoms with Crippen molar-refractivity contribution in [1.82, 2.24) is 10.2 Å². The van der Waals surface area contributed by atoms with E-state index in [1.54, 1.807) is 12.1 Å². The van der Waals surface area contributed by atoms with Crippen molar-refractivity contribution in [3.8, 4) is 10.6 Å². The van der Waals surface area contributed by atoms with Crippen LogP contribution < -0.4 is 5.32 Å². The molecule has 1 aliphatic carbocycles. The van der Waals surface area contributed by atoms with Gasteiger partial charge in [-0.25, -0.2) is 0 Å². The summed E-state index contributed by atoms with van der Waals surface area (Å²) in [6, 6.07) is 7.32. The van der Waals surface area contributed by atoms with Crippen LogP contribution in [0.2, 0.25) is 5.02 Å². The zero-order chi connectivity index (χ0) is 14.8. The van der Waals surface area contributed by atoms with Crippen molar-refractivity contribution in [2.75, 3.05) is 5.32 Å². The standard InChI is InChI=1S/C14H14ClN3O2S/c15-9-4-1-3-8(7-9)13-17-18-14(21-13)16-12(20)10-5-2-6-11(10)19/h1,3-4,7,10-11,19H,2,5-6H2,(H,16,18,20). The van der Waals surface area contributed by atoms with Crippen LogP contribution in [0.4, 0.5) is 5.13 Å². The van der Waals surface area contributed by atoms with E-state index in [1.165, 1.54) is 11.3 Å². The van der Waals surface area contributed by atoms with E-state index in [-0.39, 0.29) is 11.8 Å². The quantitative estimate of drug-likeness (QED) is 0.910. The van der Waals surface area contributed by atoms with Gasteiger partial charge in [0.2, 0.25) is 11.0 Å². The predicted molar refractivity (Wildman–Crippen MR) is 82.3 cm³/mol. The van der Waals surface area contributed by atoms with Crippen LogP contribution >= 0.6 is 22.9 Å². The molecule has 7 heteroatoms. The van der Waals surface area contributed by atoms with Crippen LogP contribution in [-0.4, -0.2) is 27.3 Å². The molecule has 2 atom stereocenters. The molecule has 3 rings (SSSR count). The molecule has 0 spiro atoms. The van der Waals surface area contributed by atoms with Crippen molar-refractivity contribution in [2.45, 2.75) is 25.4 Å². The second-order valence-electron chi connectivity index (χ2n) is 5.02. The molecule has 2 aromatic rings. The highest BCUT2D eigenvalue weighted by Gasteiger charge is 2.31. The van der Waals surface area contributed by atoms with Crippen molar-refractivity contribution in [1.29, 1.82) is 0 Å². The number of nitrogens with zero attached hydrogens (tertiary/aromatic N) is 2. The van der Waals surface area contributed by atoms with Gasteiger partial charge in [-0.05, 0) is 31.4 Å². The summed E-state index contributed by atoms with van der Waals surface area (Å²) in [5, 5.41) is 22.3. The number of aromatic nitrogens is 2. The van der Waals surface area contributed by atoms with E-state index in [1.807, 2.05) is 12.1 Å². The van der Waals surface area contributed by atoms with Gasteiger partial charge in [0.1, 0.15) is 5.01 Å². The number of benzene rings is 1. The first kappa shape index (κ1) is 14.4. The lowest BCUT2D eigenvalue weighted by molar-refractivity contribution is -0.122. The third-order valence-electron chi connectivity index (χ3n) is 3.54. The Morgan fingerprint density at radius 1 is 1.38 bits per heavy atom. The molecule has 0 bridgehead atoms. The molecule has 1 heterocycles. The second-order valence-corrected chi connectivity index (χ2v) is 6.43. The van der Waals surface area contributed by atoms with Crippen LogP contribution in [-0.2, 0) is 4.79 Å². The molecular formula is C14H14ClN3O2S. The summed E-state index contributed by atoms with van der Waals surface area (Å²) in [6.45, 7) is 0. The summed E-state index contributed by atoms with van der Waals surface area (Å²) >= 11 is 7.24. The van der Waals surface area contributed by atoms with Gasteiger partial charge in [-0.2, -0.15) is 0 Å². The van der Waals surface area contributed by atoms with E-state index in [4.69, 9.17) is 11.6 Å². The largest absolute Gasteiger partial charge is 0.392 e. The van der Waals surface area contributed by atoms with Crippen LogP contribution in [0.25, 0.3) is 10.6 Å². The van der Waals surface area contributed by atoms with E-state index < -0.39 is 6.10 Å². The molecule has 1 saturated carbocycles. The summed E-state index contributed by atoms with van der Waals surface area (Å²) in [4.78, 5) is 12.1. The lowest BCUT2D eigenvalue weighted by Gasteiger charge is -2.12. The molecule has 0 aliphatic heterocycles. The highest BCUT2D eigenvalue weighted by molar-refractivity contribution is 7.18. The van der Waals surface area contributed by atoms with Crippen molar-refractivity contribution >= 4 is 34.0 Å². The number of halogens is 1. The topological polar surface area (TPSA) is 75.1 Å². The van der Waals surface area contributed by atoms with Crippen LogP contribution in [0.15, 0.2) is 24.3 Å². The van der Waals surface area contributed by atoms with Gasteiger partial charge in [0, 0.05) is 10.6 Å². The summed E-state index contributed by atoms with van der Waals surface area (Å²) in [5.74, 6) is -0.530. The highest BCUT2D eigenvalue weighted by Crippen LogP contribution is 2.30. The monoisotopic (exact) mass is 323 g/mol. The van der Waals surface area contributed by atoms with Gasteiger partial charge in [-0.1, -0.05) is 35.1 Å². The normalized spacial score (nSPS) is 21.4. The van der Waals surface area contributed by atoms with Gasteiger partial charge < -0.3 is 10.4 Å². The van der Waals surface area contributed by atoms with Gasteiger partial charge in [-0.3, -0.25) is 4.79 Å². The SMILES string of the molecule is O=C(Nc1nnc(-c2cccc(Cl)c2)s1)C1CCCC1O. The Bertz CT molecular complexity index is 661. The molecule has 1 aromatic heterocycles. The number of amides is 1. The maximum atomic E-state index is 12.1. The number of carbonyl (C=O) groups is 1. The smallest absolute Gasteiger partial charge is 0.231 e. The number of anilines is 1. The summed E-state index contributed by atoms with van der Waals surface area (Å²) in [7, 11) is 0. The zero-order valence-electron chi connectivity index (χ0n) is 11.1. The predicted octanol–water partition coefficient (Wildman–Crippen LogP) is 2.96. The Morgan fingerprint density at radius 3 is 2.95 bits per heavy atom. The first-order valence-electron chi connectivity index (χ1n) is 6.72. The minimum atomic E-state index is -0.551. The average Bonchev–Trinajstić information content (AvgIpc) is 3.08. The summed E-state index contributed by atoms with van der Waals surface area (Å²) in [6.07, 6.45) is 1.73. The van der Waals surface area contributed by atoms with E-state index in [9.17, 15) is 9.90 Å². The number of nitrogens with one attached hydrogen (secondary N) is 1. The second kappa shape index (κ2) is 6.09. The van der Waals surface area contributed by atoms with Gasteiger partial charge in [0.25, 0.3) is 0 Å². The maximum Gasteiger partial charge on any atom is 0.231 e. The third kappa shape index (κ3) is 3.23. The molecule has 21 heavy (non-hydrogen) atoms. The maximum absolute atomic E-state index is 12.1. The van der Waals surface area contributed by atoms with Gasteiger partial charge >= 0.3 is 0 Å². The van der Waals surface area contributed by atoms with E-state index in [0.717, 1.165) is 12.0 Å². The van der Waals surface area contributed by atoms with E-state index >= 15 is 0 Å². The fraction of sp³-hybridized carbons (Fsp3) is 0.357. The molecule has 0 saturated heterocycles. The van der Waals surface area contributed by atoms with Gasteiger partial charge in [0.05, 0.1) is 12.0 Å². The molecule has 1 aromatic carbocycles. The summed E-state index contributed by atoms with van der Waals surface area (Å²) in [5.41, 5.74) is 0.862. The van der Waals surface area contributed by atoms with Crippen LogP contribution in [0.3, 0.4) is 0 Å². The number of rotatable bonds is 3. The molecule has 2 unspecified atom stereocenters. The molecule has 0 radical (unpaired) electrons. The Balaban J connectivity index is 1.72. The minimum absolute atomic E-state index is 0.186. The minimum Gasteiger partial charge on any atom is -0.392 e. The Morgan fingerprint density at radius 2 is 2.24 bits per heavy atom. The average molecular weight is 324 g/mol. The first-order chi connectivity index (χ1) is 10.1. The van der Waals surface area contributed by atoms with Crippen molar-refractivity contribution in [3.63, 3.8) is 0 Å². The third-order valence-corrected chi connectivity index (χ3v) is 4.67. The zero-order valence-corrected chi connectivity index (χ0v) is 12.7. The number of hydrogen-bond donors (Lipinski definition) is 2. The number of aliphatic hydroxyl groups is 1. The Kier molecular flexibility index (Phi) is 4.19. The molecule has 1 aliphatic rings. The number of carbonyl (C=O) groups excluding carboxylic acids is 1. The van der Waals surface area contributed by atoms with E-state index in [0.29, 0.717) is 28.0 Å². The Labute approximate surface area is 131 Å². The molecule has 110 valence electrons. The van der Waals surface area contributed by atoms with Gasteiger partial charge in [0.15, 0.2) is 0 Å². The fourth-order valence-electron chi connectivity index (χ4n) is 2.46. The van der Waals surface area contributed by atoms with Crippen LogP contribution in [0, 0.1) is 5.92 Å². The van der Waals surface area contributed by atoms with Crippen molar-refractivity contribution in [3.05, 3.63) is 29.3 Å². The Hall–Kier alpha value is -1.50. The molecule has 1 fully saturated rings. The molecule has 5 nitrogen and oxygen atoms in total. The van der Waals surface area contributed by atoms with E-state index in [2.05, 4.69) is 15.5 Å². The number of aliphatic hydroxyl groups excluding tert-OH is 1. The lowest BCUT2D eigenvalue weighted by atomic mass is 10.1. The number of hydrogen-bond acceptors (Lipinski definition) is 5. The van der Waals surface area contributed by atoms with Crippen molar-refractivity contribution in [2.24, 2.45) is 5.92 Å².